The molecule has 2 fully saturated rings. The lowest BCUT2D eigenvalue weighted by molar-refractivity contribution is -0.274. The number of ketones is 1. The fourth-order valence-electron chi connectivity index (χ4n) is 4.82. The zero-order chi connectivity index (χ0) is 21.6. The van der Waals surface area contributed by atoms with Gasteiger partial charge in [-0.2, -0.15) is 0 Å². The Bertz CT molecular complexity index is 733. The Hall–Kier alpha value is -2.05. The number of likely N-dealkylation sites (tertiary alicyclic amines) is 1. The molecule has 7 heteroatoms. The van der Waals surface area contributed by atoms with Crippen LogP contribution in [0.15, 0.2) is 24.3 Å². The number of halogens is 3. The SMILES string of the molecule is O=C(CCCC(=O)N1CCCC2CCCCC21)CCc1cccc(OC(F)(F)F)c1. The third-order valence-corrected chi connectivity index (χ3v) is 6.23. The van der Waals surface area contributed by atoms with Gasteiger partial charge in [0.15, 0.2) is 0 Å². The normalized spacial score (nSPS) is 21.8. The van der Waals surface area contributed by atoms with Crippen molar-refractivity contribution in [3.05, 3.63) is 29.8 Å². The van der Waals surface area contributed by atoms with Gasteiger partial charge in [-0.3, -0.25) is 9.59 Å². The van der Waals surface area contributed by atoms with E-state index in [4.69, 9.17) is 0 Å². The minimum Gasteiger partial charge on any atom is -0.406 e. The number of piperidine rings is 1. The summed E-state index contributed by atoms with van der Waals surface area (Å²) in [6, 6.07) is 6.10. The van der Waals surface area contributed by atoms with E-state index in [0.717, 1.165) is 19.4 Å². The highest BCUT2D eigenvalue weighted by Crippen LogP contribution is 2.35. The zero-order valence-electron chi connectivity index (χ0n) is 17.3. The molecule has 0 spiro atoms. The van der Waals surface area contributed by atoms with Crippen molar-refractivity contribution < 1.29 is 27.5 Å². The van der Waals surface area contributed by atoms with Crippen molar-refractivity contribution in [2.75, 3.05) is 6.54 Å². The molecule has 1 aromatic rings. The van der Waals surface area contributed by atoms with Crippen molar-refractivity contribution in [1.29, 1.82) is 0 Å². The number of benzene rings is 1. The molecular weight excluding hydrogens is 395 g/mol. The molecule has 166 valence electrons. The first-order chi connectivity index (χ1) is 14.3. The number of alkyl halides is 3. The predicted molar refractivity (Wildman–Crippen MR) is 107 cm³/mol. The van der Waals surface area contributed by atoms with Crippen molar-refractivity contribution in [3.63, 3.8) is 0 Å². The molecule has 3 rings (SSSR count). The Labute approximate surface area is 175 Å². The third-order valence-electron chi connectivity index (χ3n) is 6.23. The summed E-state index contributed by atoms with van der Waals surface area (Å²) < 4.78 is 40.8. The molecule has 2 unspecified atom stereocenters. The molecule has 2 atom stereocenters. The maximum Gasteiger partial charge on any atom is 0.573 e. The summed E-state index contributed by atoms with van der Waals surface area (Å²) in [4.78, 5) is 26.9. The Morgan fingerprint density at radius 2 is 1.80 bits per heavy atom. The van der Waals surface area contributed by atoms with E-state index < -0.39 is 6.36 Å². The van der Waals surface area contributed by atoms with Gasteiger partial charge in [0.1, 0.15) is 11.5 Å². The molecule has 1 aliphatic heterocycles. The van der Waals surface area contributed by atoms with Gasteiger partial charge in [0.05, 0.1) is 0 Å². The van der Waals surface area contributed by atoms with Crippen LogP contribution >= 0.6 is 0 Å². The van der Waals surface area contributed by atoms with Crippen molar-refractivity contribution in [2.24, 2.45) is 5.92 Å². The summed E-state index contributed by atoms with van der Waals surface area (Å²) in [5.74, 6) is 0.561. The number of Topliss-reactive ketones (excluding diaryl/α,β-unsaturated/α-hetero) is 1. The first-order valence-corrected chi connectivity index (χ1v) is 11.0. The van der Waals surface area contributed by atoms with Crippen molar-refractivity contribution in [3.8, 4) is 5.75 Å². The van der Waals surface area contributed by atoms with Crippen LogP contribution in [-0.4, -0.2) is 35.5 Å². The molecule has 30 heavy (non-hydrogen) atoms. The van der Waals surface area contributed by atoms with Gasteiger partial charge in [-0.1, -0.05) is 25.0 Å². The molecule has 1 aliphatic carbocycles. The first-order valence-electron chi connectivity index (χ1n) is 11.0. The first kappa shape index (κ1) is 22.6. The van der Waals surface area contributed by atoms with Crippen LogP contribution in [0.25, 0.3) is 0 Å². The zero-order valence-corrected chi connectivity index (χ0v) is 17.3. The summed E-state index contributed by atoms with van der Waals surface area (Å²) in [6.07, 6.45) is 4.21. The van der Waals surface area contributed by atoms with Crippen LogP contribution in [0.4, 0.5) is 13.2 Å². The van der Waals surface area contributed by atoms with E-state index in [-0.39, 0.29) is 23.9 Å². The number of nitrogens with zero attached hydrogens (tertiary/aromatic N) is 1. The fourth-order valence-corrected chi connectivity index (χ4v) is 4.82. The molecular formula is C23H30F3NO3. The second-order valence-electron chi connectivity index (χ2n) is 8.43. The van der Waals surface area contributed by atoms with Gasteiger partial charge in [-0.15, -0.1) is 13.2 Å². The van der Waals surface area contributed by atoms with Gasteiger partial charge in [0, 0.05) is 31.8 Å². The average molecular weight is 425 g/mol. The quantitative estimate of drug-likeness (QED) is 0.557. The molecule has 1 amide bonds. The van der Waals surface area contributed by atoms with Crippen LogP contribution in [-0.2, 0) is 16.0 Å². The molecule has 0 N–H and O–H groups in total. The Kier molecular flexibility index (Phi) is 7.78. The van der Waals surface area contributed by atoms with Crippen molar-refractivity contribution in [2.45, 2.75) is 83.0 Å². The number of rotatable bonds is 8. The lowest BCUT2D eigenvalue weighted by Crippen LogP contribution is -2.49. The molecule has 2 aliphatic rings. The Morgan fingerprint density at radius 1 is 1.03 bits per heavy atom. The molecule has 0 bridgehead atoms. The Balaban J connectivity index is 1.39. The van der Waals surface area contributed by atoms with Crippen molar-refractivity contribution >= 4 is 11.7 Å². The number of hydrogen-bond acceptors (Lipinski definition) is 3. The van der Waals surface area contributed by atoms with Crippen molar-refractivity contribution in [1.82, 2.24) is 4.90 Å². The van der Waals surface area contributed by atoms with Crippen LogP contribution in [0.3, 0.4) is 0 Å². The van der Waals surface area contributed by atoms with Gasteiger partial charge in [0.25, 0.3) is 0 Å². The van der Waals surface area contributed by atoms with E-state index in [2.05, 4.69) is 9.64 Å². The largest absolute Gasteiger partial charge is 0.573 e. The van der Waals surface area contributed by atoms with E-state index in [9.17, 15) is 22.8 Å². The lowest BCUT2D eigenvalue weighted by atomic mass is 9.78. The number of fused-ring (bicyclic) bond motifs is 1. The van der Waals surface area contributed by atoms with E-state index in [1.165, 1.54) is 43.9 Å². The van der Waals surface area contributed by atoms with Gasteiger partial charge < -0.3 is 9.64 Å². The maximum atomic E-state index is 12.7. The second-order valence-corrected chi connectivity index (χ2v) is 8.43. The third kappa shape index (κ3) is 6.74. The predicted octanol–water partition coefficient (Wildman–Crippen LogP) is 5.44. The molecule has 4 nitrogen and oxygen atoms in total. The standard InChI is InChI=1S/C23H30F3NO3/c24-23(25,26)30-20-10-3-6-17(16-20)13-14-19(28)9-4-12-22(29)27-15-5-8-18-7-1-2-11-21(18)27/h3,6,10,16,18,21H,1-2,4-5,7-9,11-15H2. The monoisotopic (exact) mass is 425 g/mol. The summed E-state index contributed by atoms with van der Waals surface area (Å²) >= 11 is 0. The number of hydrogen-bond donors (Lipinski definition) is 0. The van der Waals surface area contributed by atoms with E-state index in [1.54, 1.807) is 6.07 Å². The smallest absolute Gasteiger partial charge is 0.406 e. The maximum absolute atomic E-state index is 12.7. The number of amides is 1. The van der Waals surface area contributed by atoms with Crippen LogP contribution in [0, 0.1) is 5.92 Å². The molecule has 1 aromatic carbocycles. The van der Waals surface area contributed by atoms with Gasteiger partial charge in [0.2, 0.25) is 5.91 Å². The van der Waals surface area contributed by atoms with Crippen LogP contribution in [0.2, 0.25) is 0 Å². The molecule has 1 heterocycles. The molecule has 1 saturated carbocycles. The topological polar surface area (TPSA) is 46.6 Å². The van der Waals surface area contributed by atoms with Gasteiger partial charge in [-0.25, -0.2) is 0 Å². The molecule has 0 radical (unpaired) electrons. The minimum absolute atomic E-state index is 0.0270. The molecule has 1 saturated heterocycles. The van der Waals surface area contributed by atoms with E-state index in [1.807, 2.05) is 0 Å². The number of carbonyl (C=O) groups excluding carboxylic acids is 2. The van der Waals surface area contributed by atoms with Crippen LogP contribution < -0.4 is 4.74 Å². The lowest BCUT2D eigenvalue weighted by Gasteiger charge is -2.44. The highest BCUT2D eigenvalue weighted by molar-refractivity contribution is 5.80. The van der Waals surface area contributed by atoms with E-state index >= 15 is 0 Å². The summed E-state index contributed by atoms with van der Waals surface area (Å²) in [5, 5.41) is 0. The van der Waals surface area contributed by atoms with Crippen LogP contribution in [0.1, 0.15) is 69.8 Å². The number of aryl methyl sites for hydroxylation is 1. The molecule has 0 aromatic heterocycles. The fraction of sp³-hybridized carbons (Fsp3) is 0.652. The highest BCUT2D eigenvalue weighted by Gasteiger charge is 2.35. The van der Waals surface area contributed by atoms with E-state index in [0.29, 0.717) is 43.2 Å². The summed E-state index contributed by atoms with van der Waals surface area (Å²) in [7, 11) is 0. The Morgan fingerprint density at radius 3 is 2.60 bits per heavy atom. The van der Waals surface area contributed by atoms with Crippen LogP contribution in [0.5, 0.6) is 5.75 Å². The van der Waals surface area contributed by atoms with Gasteiger partial charge >= 0.3 is 6.36 Å². The summed E-state index contributed by atoms with van der Waals surface area (Å²) in [6.45, 7) is 0.838. The number of carbonyl (C=O) groups is 2. The average Bonchev–Trinajstić information content (AvgIpc) is 2.71. The minimum atomic E-state index is -4.73. The second kappa shape index (κ2) is 10.3. The highest BCUT2D eigenvalue weighted by atomic mass is 19.4. The van der Waals surface area contributed by atoms with Gasteiger partial charge in [-0.05, 0) is 62.1 Å². The number of ether oxygens (including phenoxy) is 1. The summed E-state index contributed by atoms with van der Waals surface area (Å²) in [5.41, 5.74) is 0.623.